The molecule has 0 bridgehead atoms. The summed E-state index contributed by atoms with van der Waals surface area (Å²) in [7, 11) is 1.73. The molecule has 1 aromatic carbocycles. The molecule has 0 unspecified atom stereocenters. The van der Waals surface area contributed by atoms with E-state index in [-0.39, 0.29) is 6.09 Å². The summed E-state index contributed by atoms with van der Waals surface area (Å²) >= 11 is 0. The fraction of sp³-hybridized carbons (Fsp3) is 0.412. The zero-order valence-corrected chi connectivity index (χ0v) is 12.8. The van der Waals surface area contributed by atoms with E-state index in [0.29, 0.717) is 13.2 Å². The van der Waals surface area contributed by atoms with E-state index in [4.69, 9.17) is 4.74 Å². The Labute approximate surface area is 130 Å². The van der Waals surface area contributed by atoms with Crippen molar-refractivity contribution in [1.29, 1.82) is 0 Å². The van der Waals surface area contributed by atoms with Gasteiger partial charge in [0.25, 0.3) is 0 Å². The van der Waals surface area contributed by atoms with Crippen molar-refractivity contribution in [3.8, 4) is 0 Å². The molecule has 0 radical (unpaired) electrons. The number of carbonyl (C=O) groups is 1. The second-order valence-electron chi connectivity index (χ2n) is 5.71. The van der Waals surface area contributed by atoms with Crippen molar-refractivity contribution in [3.63, 3.8) is 0 Å². The number of nitrogens with zero attached hydrogens (tertiary/aromatic N) is 2. The molecular weight excluding hydrogens is 278 g/mol. The standard InChI is InChI=1S/C17H21N3O2/c1-20(17(21)22-12-13-7-3-2-4-8-13)11-16-18-14-9-5-6-10-15(14)19-16/h2-4,7-8H,5-6,9-12H2,1H3,(H,18,19). The number of amides is 1. The summed E-state index contributed by atoms with van der Waals surface area (Å²) in [6.07, 6.45) is 4.17. The maximum atomic E-state index is 12.0. The summed E-state index contributed by atoms with van der Waals surface area (Å²) in [5.41, 5.74) is 3.37. The van der Waals surface area contributed by atoms with E-state index >= 15 is 0 Å². The van der Waals surface area contributed by atoms with Crippen molar-refractivity contribution in [3.05, 3.63) is 53.1 Å². The lowest BCUT2D eigenvalue weighted by Gasteiger charge is -2.15. The van der Waals surface area contributed by atoms with E-state index in [0.717, 1.165) is 29.9 Å². The highest BCUT2D eigenvalue weighted by Gasteiger charge is 2.17. The number of aromatic amines is 1. The molecule has 1 heterocycles. The van der Waals surface area contributed by atoms with E-state index in [1.54, 1.807) is 11.9 Å². The first-order valence-corrected chi connectivity index (χ1v) is 7.71. The van der Waals surface area contributed by atoms with Gasteiger partial charge in [-0.05, 0) is 31.2 Å². The number of imidazole rings is 1. The first kappa shape index (κ1) is 14.6. The van der Waals surface area contributed by atoms with Crippen molar-refractivity contribution in [2.24, 2.45) is 0 Å². The zero-order valence-electron chi connectivity index (χ0n) is 12.8. The van der Waals surface area contributed by atoms with Crippen LogP contribution in [0.2, 0.25) is 0 Å². The number of hydrogen-bond acceptors (Lipinski definition) is 3. The smallest absolute Gasteiger partial charge is 0.410 e. The summed E-state index contributed by atoms with van der Waals surface area (Å²) in [5, 5.41) is 0. The van der Waals surface area contributed by atoms with E-state index in [2.05, 4.69) is 9.97 Å². The molecule has 1 aliphatic rings. The number of aryl methyl sites for hydroxylation is 2. The summed E-state index contributed by atoms with van der Waals surface area (Å²) in [6.45, 7) is 0.735. The van der Waals surface area contributed by atoms with Gasteiger partial charge in [0.15, 0.2) is 0 Å². The first-order valence-electron chi connectivity index (χ1n) is 7.71. The van der Waals surface area contributed by atoms with Crippen LogP contribution in [0, 0.1) is 0 Å². The van der Waals surface area contributed by atoms with Crippen LogP contribution >= 0.6 is 0 Å². The Morgan fingerprint density at radius 3 is 2.82 bits per heavy atom. The maximum Gasteiger partial charge on any atom is 0.410 e. The second kappa shape index (κ2) is 6.64. The Kier molecular flexibility index (Phi) is 4.42. The van der Waals surface area contributed by atoms with Gasteiger partial charge >= 0.3 is 6.09 Å². The van der Waals surface area contributed by atoms with Gasteiger partial charge in [-0.15, -0.1) is 0 Å². The molecule has 1 aliphatic carbocycles. The Balaban J connectivity index is 1.53. The third-order valence-electron chi connectivity index (χ3n) is 3.91. The highest BCUT2D eigenvalue weighted by Crippen LogP contribution is 2.19. The van der Waals surface area contributed by atoms with Crippen LogP contribution in [-0.2, 0) is 30.7 Å². The van der Waals surface area contributed by atoms with Gasteiger partial charge in [0.2, 0.25) is 0 Å². The van der Waals surface area contributed by atoms with Gasteiger partial charge in [0, 0.05) is 12.7 Å². The van der Waals surface area contributed by atoms with Crippen molar-refractivity contribution in [2.75, 3.05) is 7.05 Å². The Bertz CT molecular complexity index is 613. The number of hydrogen-bond donors (Lipinski definition) is 1. The molecule has 1 N–H and O–H groups in total. The van der Waals surface area contributed by atoms with E-state index in [1.807, 2.05) is 30.3 Å². The number of benzene rings is 1. The fourth-order valence-corrected chi connectivity index (χ4v) is 2.71. The number of fused-ring (bicyclic) bond motifs is 1. The minimum atomic E-state index is -0.335. The van der Waals surface area contributed by atoms with Gasteiger partial charge in [-0.2, -0.15) is 0 Å². The van der Waals surface area contributed by atoms with E-state index < -0.39 is 0 Å². The molecular formula is C17H21N3O2. The molecule has 1 aromatic heterocycles. The van der Waals surface area contributed by atoms with Gasteiger partial charge in [-0.1, -0.05) is 30.3 Å². The number of aromatic nitrogens is 2. The normalized spacial score (nSPS) is 13.5. The Morgan fingerprint density at radius 2 is 2.05 bits per heavy atom. The number of ether oxygens (including phenoxy) is 1. The fourth-order valence-electron chi connectivity index (χ4n) is 2.71. The molecule has 0 saturated carbocycles. The number of H-pyrrole nitrogens is 1. The molecule has 0 spiro atoms. The molecule has 5 heteroatoms. The SMILES string of the molecule is CN(Cc1nc2c([nH]1)CCCC2)C(=O)OCc1ccccc1. The molecule has 0 fully saturated rings. The maximum absolute atomic E-state index is 12.0. The summed E-state index contributed by atoms with van der Waals surface area (Å²) in [5.74, 6) is 0.839. The first-order chi connectivity index (χ1) is 10.7. The predicted molar refractivity (Wildman–Crippen MR) is 83.3 cm³/mol. The third-order valence-corrected chi connectivity index (χ3v) is 3.91. The minimum absolute atomic E-state index is 0.290. The number of carbonyl (C=O) groups excluding carboxylic acids is 1. The zero-order chi connectivity index (χ0) is 15.4. The minimum Gasteiger partial charge on any atom is -0.445 e. The topological polar surface area (TPSA) is 58.2 Å². The van der Waals surface area contributed by atoms with Gasteiger partial charge in [-0.3, -0.25) is 0 Å². The highest BCUT2D eigenvalue weighted by molar-refractivity contribution is 5.67. The molecule has 116 valence electrons. The predicted octanol–water partition coefficient (Wildman–Crippen LogP) is 3.06. The lowest BCUT2D eigenvalue weighted by Crippen LogP contribution is -2.27. The van der Waals surface area contributed by atoms with Crippen LogP contribution in [0.25, 0.3) is 0 Å². The van der Waals surface area contributed by atoms with E-state index in [1.165, 1.54) is 18.5 Å². The van der Waals surface area contributed by atoms with Gasteiger partial charge < -0.3 is 14.6 Å². The van der Waals surface area contributed by atoms with Gasteiger partial charge in [0.1, 0.15) is 12.4 Å². The van der Waals surface area contributed by atoms with E-state index in [9.17, 15) is 4.79 Å². The van der Waals surface area contributed by atoms with Crippen molar-refractivity contribution in [1.82, 2.24) is 14.9 Å². The number of nitrogens with one attached hydrogen (secondary N) is 1. The van der Waals surface area contributed by atoms with Crippen LogP contribution in [0.5, 0.6) is 0 Å². The quantitative estimate of drug-likeness (QED) is 0.944. The highest BCUT2D eigenvalue weighted by atomic mass is 16.6. The lowest BCUT2D eigenvalue weighted by molar-refractivity contribution is 0.102. The summed E-state index contributed by atoms with van der Waals surface area (Å²) in [4.78, 5) is 21.5. The molecule has 0 aliphatic heterocycles. The average molecular weight is 299 g/mol. The van der Waals surface area contributed by atoms with Crippen LogP contribution in [-0.4, -0.2) is 28.0 Å². The Hall–Kier alpha value is -2.30. The van der Waals surface area contributed by atoms with Gasteiger partial charge in [-0.25, -0.2) is 9.78 Å². The molecule has 2 aromatic rings. The molecule has 0 saturated heterocycles. The molecule has 0 atom stereocenters. The molecule has 5 nitrogen and oxygen atoms in total. The average Bonchev–Trinajstić information content (AvgIpc) is 2.95. The van der Waals surface area contributed by atoms with Crippen LogP contribution in [0.15, 0.2) is 30.3 Å². The van der Waals surface area contributed by atoms with Crippen LogP contribution in [0.4, 0.5) is 4.79 Å². The monoisotopic (exact) mass is 299 g/mol. The van der Waals surface area contributed by atoms with Crippen molar-refractivity contribution < 1.29 is 9.53 Å². The van der Waals surface area contributed by atoms with Crippen LogP contribution in [0.1, 0.15) is 35.6 Å². The second-order valence-corrected chi connectivity index (χ2v) is 5.71. The third kappa shape index (κ3) is 3.47. The van der Waals surface area contributed by atoms with Crippen molar-refractivity contribution in [2.45, 2.75) is 38.8 Å². The lowest BCUT2D eigenvalue weighted by atomic mass is 10.0. The largest absolute Gasteiger partial charge is 0.445 e. The van der Waals surface area contributed by atoms with Crippen LogP contribution < -0.4 is 0 Å². The van der Waals surface area contributed by atoms with Gasteiger partial charge in [0.05, 0.1) is 12.2 Å². The molecule has 22 heavy (non-hydrogen) atoms. The van der Waals surface area contributed by atoms with Crippen LogP contribution in [0.3, 0.4) is 0 Å². The molecule has 1 amide bonds. The number of rotatable bonds is 4. The molecule has 3 rings (SSSR count). The summed E-state index contributed by atoms with van der Waals surface area (Å²) < 4.78 is 5.31. The Morgan fingerprint density at radius 1 is 1.27 bits per heavy atom. The summed E-state index contributed by atoms with van der Waals surface area (Å²) in [6, 6.07) is 9.68. The van der Waals surface area contributed by atoms with Crippen molar-refractivity contribution >= 4 is 6.09 Å².